The van der Waals surface area contributed by atoms with Gasteiger partial charge in [-0.25, -0.2) is 0 Å². The largest absolute Gasteiger partial charge is 0.382 e. The maximum absolute atomic E-state index is 5.23. The van der Waals surface area contributed by atoms with Gasteiger partial charge in [0, 0.05) is 49.9 Å². The van der Waals surface area contributed by atoms with Gasteiger partial charge in [0.1, 0.15) is 0 Å². The van der Waals surface area contributed by atoms with E-state index in [1.54, 1.807) is 7.11 Å². The van der Waals surface area contributed by atoms with Crippen LogP contribution in [0.3, 0.4) is 0 Å². The third kappa shape index (κ3) is 3.98. The summed E-state index contributed by atoms with van der Waals surface area (Å²) < 4.78 is 5.23. The standard InChI is InChI=1S/C13H21N3O/c1-10(17-2)7-16-13-5-6-14-8-11(13)9-15-12-3-4-12/h5-6,8,10,12,15H,3-4,7,9H2,1-2H3,(H,14,16). The highest BCUT2D eigenvalue weighted by Gasteiger charge is 2.20. The summed E-state index contributed by atoms with van der Waals surface area (Å²) in [7, 11) is 1.73. The van der Waals surface area contributed by atoms with E-state index in [9.17, 15) is 0 Å². The predicted molar refractivity (Wildman–Crippen MR) is 69.1 cm³/mol. The fourth-order valence-electron chi connectivity index (χ4n) is 1.62. The molecular formula is C13H21N3O. The van der Waals surface area contributed by atoms with E-state index >= 15 is 0 Å². The van der Waals surface area contributed by atoms with Crippen molar-refractivity contribution in [3.63, 3.8) is 0 Å². The van der Waals surface area contributed by atoms with Crippen molar-refractivity contribution in [2.24, 2.45) is 0 Å². The Morgan fingerprint density at radius 3 is 3.06 bits per heavy atom. The highest BCUT2D eigenvalue weighted by molar-refractivity contribution is 5.49. The summed E-state index contributed by atoms with van der Waals surface area (Å²) in [5, 5.41) is 6.91. The molecule has 1 atom stereocenters. The van der Waals surface area contributed by atoms with Crippen LogP contribution < -0.4 is 10.6 Å². The summed E-state index contributed by atoms with van der Waals surface area (Å²) in [6.07, 6.45) is 6.58. The molecule has 0 bridgehead atoms. The zero-order valence-electron chi connectivity index (χ0n) is 10.6. The number of hydrogen-bond acceptors (Lipinski definition) is 4. The van der Waals surface area contributed by atoms with E-state index in [2.05, 4.69) is 22.5 Å². The van der Waals surface area contributed by atoms with Crippen LogP contribution in [0.1, 0.15) is 25.3 Å². The van der Waals surface area contributed by atoms with E-state index in [-0.39, 0.29) is 6.10 Å². The minimum absolute atomic E-state index is 0.215. The molecule has 1 aliphatic rings. The first-order valence-corrected chi connectivity index (χ1v) is 6.22. The Morgan fingerprint density at radius 1 is 1.53 bits per heavy atom. The lowest BCUT2D eigenvalue weighted by atomic mass is 10.2. The third-order valence-corrected chi connectivity index (χ3v) is 3.04. The fraction of sp³-hybridized carbons (Fsp3) is 0.615. The second-order valence-corrected chi connectivity index (χ2v) is 4.62. The lowest BCUT2D eigenvalue weighted by Crippen LogP contribution is -2.21. The number of nitrogens with zero attached hydrogens (tertiary/aromatic N) is 1. The van der Waals surface area contributed by atoms with Crippen molar-refractivity contribution >= 4 is 5.69 Å². The van der Waals surface area contributed by atoms with E-state index in [4.69, 9.17) is 4.74 Å². The summed E-state index contributed by atoms with van der Waals surface area (Å²) >= 11 is 0. The molecule has 17 heavy (non-hydrogen) atoms. The van der Waals surface area contributed by atoms with Crippen molar-refractivity contribution in [2.45, 2.75) is 38.5 Å². The van der Waals surface area contributed by atoms with Gasteiger partial charge in [-0.3, -0.25) is 4.98 Å². The molecule has 0 radical (unpaired) electrons. The Bertz CT molecular complexity index is 352. The SMILES string of the molecule is COC(C)CNc1ccncc1CNC1CC1. The van der Waals surface area contributed by atoms with Crippen molar-refractivity contribution in [3.05, 3.63) is 24.0 Å². The minimum atomic E-state index is 0.215. The monoisotopic (exact) mass is 235 g/mol. The van der Waals surface area contributed by atoms with Gasteiger partial charge in [-0.15, -0.1) is 0 Å². The van der Waals surface area contributed by atoms with Crippen LogP contribution in [0.15, 0.2) is 18.5 Å². The Kier molecular flexibility index (Phi) is 4.34. The van der Waals surface area contributed by atoms with E-state index in [1.807, 2.05) is 18.5 Å². The van der Waals surface area contributed by atoms with Crippen LogP contribution in [0, 0.1) is 0 Å². The topological polar surface area (TPSA) is 46.2 Å². The highest BCUT2D eigenvalue weighted by Crippen LogP contribution is 2.21. The molecule has 1 saturated carbocycles. The third-order valence-electron chi connectivity index (χ3n) is 3.04. The van der Waals surface area contributed by atoms with Crippen LogP contribution in [0.25, 0.3) is 0 Å². The Balaban J connectivity index is 1.89. The van der Waals surface area contributed by atoms with Crippen molar-refractivity contribution in [1.29, 1.82) is 0 Å². The second-order valence-electron chi connectivity index (χ2n) is 4.62. The first-order chi connectivity index (χ1) is 8.29. The van der Waals surface area contributed by atoms with E-state index < -0.39 is 0 Å². The van der Waals surface area contributed by atoms with Crippen molar-refractivity contribution in [2.75, 3.05) is 19.0 Å². The van der Waals surface area contributed by atoms with Crippen molar-refractivity contribution in [3.8, 4) is 0 Å². The Hall–Kier alpha value is -1.13. The van der Waals surface area contributed by atoms with Gasteiger partial charge in [0.15, 0.2) is 0 Å². The number of anilines is 1. The maximum atomic E-state index is 5.23. The smallest absolute Gasteiger partial charge is 0.0715 e. The molecule has 2 N–H and O–H groups in total. The molecule has 1 heterocycles. The average Bonchev–Trinajstić information content (AvgIpc) is 3.18. The molecule has 1 aromatic rings. The van der Waals surface area contributed by atoms with Gasteiger partial charge in [-0.05, 0) is 25.8 Å². The van der Waals surface area contributed by atoms with Gasteiger partial charge in [0.05, 0.1) is 6.10 Å². The van der Waals surface area contributed by atoms with Crippen LogP contribution in [0.5, 0.6) is 0 Å². The van der Waals surface area contributed by atoms with Crippen LogP contribution >= 0.6 is 0 Å². The molecule has 0 spiro atoms. The average molecular weight is 235 g/mol. The molecule has 1 aromatic heterocycles. The lowest BCUT2D eigenvalue weighted by Gasteiger charge is -2.15. The summed E-state index contributed by atoms with van der Waals surface area (Å²) in [5.74, 6) is 0. The van der Waals surface area contributed by atoms with Crippen LogP contribution in [-0.2, 0) is 11.3 Å². The van der Waals surface area contributed by atoms with Gasteiger partial charge in [0.2, 0.25) is 0 Å². The van der Waals surface area contributed by atoms with Crippen LogP contribution in [-0.4, -0.2) is 30.8 Å². The first-order valence-electron chi connectivity index (χ1n) is 6.22. The summed E-state index contributed by atoms with van der Waals surface area (Å²) in [4.78, 5) is 4.18. The number of ether oxygens (including phenoxy) is 1. The molecule has 2 rings (SSSR count). The van der Waals surface area contributed by atoms with Gasteiger partial charge >= 0.3 is 0 Å². The summed E-state index contributed by atoms with van der Waals surface area (Å²) in [6, 6.07) is 2.74. The van der Waals surface area contributed by atoms with Crippen LogP contribution in [0.2, 0.25) is 0 Å². The Labute approximate surface area is 103 Å². The van der Waals surface area contributed by atoms with Gasteiger partial charge < -0.3 is 15.4 Å². The number of rotatable bonds is 7. The first kappa shape index (κ1) is 12.3. The maximum Gasteiger partial charge on any atom is 0.0715 e. The van der Waals surface area contributed by atoms with E-state index in [0.29, 0.717) is 0 Å². The van der Waals surface area contributed by atoms with Gasteiger partial charge in [-0.2, -0.15) is 0 Å². The summed E-state index contributed by atoms with van der Waals surface area (Å²) in [6.45, 7) is 3.76. The molecule has 0 saturated heterocycles. The Morgan fingerprint density at radius 2 is 2.35 bits per heavy atom. The summed E-state index contributed by atoms with van der Waals surface area (Å²) in [5.41, 5.74) is 2.37. The quantitative estimate of drug-likeness (QED) is 0.756. The highest BCUT2D eigenvalue weighted by atomic mass is 16.5. The molecule has 4 heteroatoms. The zero-order chi connectivity index (χ0) is 12.1. The van der Waals surface area contributed by atoms with E-state index in [1.165, 1.54) is 18.4 Å². The van der Waals surface area contributed by atoms with Crippen LogP contribution in [0.4, 0.5) is 5.69 Å². The van der Waals surface area contributed by atoms with Crippen molar-refractivity contribution < 1.29 is 4.74 Å². The molecule has 94 valence electrons. The second kappa shape index (κ2) is 5.98. The fourth-order valence-corrected chi connectivity index (χ4v) is 1.62. The molecule has 0 aromatic carbocycles. The van der Waals surface area contributed by atoms with Gasteiger partial charge in [-0.1, -0.05) is 0 Å². The lowest BCUT2D eigenvalue weighted by molar-refractivity contribution is 0.129. The molecule has 0 amide bonds. The molecule has 0 aliphatic heterocycles. The number of aromatic nitrogens is 1. The molecular weight excluding hydrogens is 214 g/mol. The minimum Gasteiger partial charge on any atom is -0.382 e. The number of hydrogen-bond donors (Lipinski definition) is 2. The molecule has 1 aliphatic carbocycles. The molecule has 1 unspecified atom stereocenters. The zero-order valence-corrected chi connectivity index (χ0v) is 10.6. The molecule has 4 nitrogen and oxygen atoms in total. The van der Waals surface area contributed by atoms with Gasteiger partial charge in [0.25, 0.3) is 0 Å². The van der Waals surface area contributed by atoms with E-state index in [0.717, 1.165) is 24.8 Å². The molecule has 1 fully saturated rings. The number of methoxy groups -OCH3 is 1. The van der Waals surface area contributed by atoms with Crippen molar-refractivity contribution in [1.82, 2.24) is 10.3 Å². The number of nitrogens with one attached hydrogen (secondary N) is 2. The number of pyridine rings is 1. The predicted octanol–water partition coefficient (Wildman–Crippen LogP) is 1.78. The normalized spacial score (nSPS) is 16.8.